The minimum Gasteiger partial charge on any atom is -0.385 e. The Balaban J connectivity index is 2.91. The molecule has 0 atom stereocenters. The number of hydrogen-bond acceptors (Lipinski definition) is 1. The molecule has 0 unspecified atom stereocenters. The molecule has 0 aliphatic carbocycles. The molecular formula is C12H19N. The minimum absolute atomic E-state index is 0.995. The van der Waals surface area contributed by atoms with Crippen LogP contribution in [0.5, 0.6) is 0 Å². The van der Waals surface area contributed by atoms with Gasteiger partial charge in [0.25, 0.3) is 0 Å². The highest BCUT2D eigenvalue weighted by atomic mass is 14.8. The summed E-state index contributed by atoms with van der Waals surface area (Å²) in [4.78, 5) is 0. The normalized spacial score (nSPS) is 10.1. The van der Waals surface area contributed by atoms with Gasteiger partial charge in [-0.05, 0) is 43.0 Å². The van der Waals surface area contributed by atoms with Gasteiger partial charge in [0.1, 0.15) is 0 Å². The predicted molar refractivity (Wildman–Crippen MR) is 59.4 cm³/mol. The SMILES string of the molecule is CCNc1ccc(CC)c(CC)c1. The molecule has 0 saturated carbocycles. The van der Waals surface area contributed by atoms with Crippen LogP contribution >= 0.6 is 0 Å². The van der Waals surface area contributed by atoms with Crippen LogP contribution in [-0.2, 0) is 12.8 Å². The summed E-state index contributed by atoms with van der Waals surface area (Å²) in [7, 11) is 0. The second kappa shape index (κ2) is 4.90. The van der Waals surface area contributed by atoms with Crippen molar-refractivity contribution in [2.24, 2.45) is 0 Å². The van der Waals surface area contributed by atoms with E-state index in [0.29, 0.717) is 0 Å². The third-order valence-electron chi connectivity index (χ3n) is 2.35. The molecule has 13 heavy (non-hydrogen) atoms. The van der Waals surface area contributed by atoms with Crippen molar-refractivity contribution in [1.29, 1.82) is 0 Å². The summed E-state index contributed by atoms with van der Waals surface area (Å²) in [6.45, 7) is 7.54. The van der Waals surface area contributed by atoms with Crippen LogP contribution in [0.4, 0.5) is 5.69 Å². The molecular weight excluding hydrogens is 158 g/mol. The number of anilines is 1. The summed E-state index contributed by atoms with van der Waals surface area (Å²) in [5.74, 6) is 0. The third-order valence-corrected chi connectivity index (χ3v) is 2.35. The van der Waals surface area contributed by atoms with Crippen molar-refractivity contribution < 1.29 is 0 Å². The molecule has 0 saturated heterocycles. The number of aryl methyl sites for hydroxylation is 2. The number of nitrogens with one attached hydrogen (secondary N) is 1. The first kappa shape index (κ1) is 10.1. The van der Waals surface area contributed by atoms with Gasteiger partial charge >= 0.3 is 0 Å². The molecule has 0 heterocycles. The molecule has 72 valence electrons. The topological polar surface area (TPSA) is 12.0 Å². The van der Waals surface area contributed by atoms with E-state index in [1.807, 2.05) is 0 Å². The minimum atomic E-state index is 0.995. The zero-order valence-corrected chi connectivity index (χ0v) is 8.85. The van der Waals surface area contributed by atoms with Gasteiger partial charge in [-0.1, -0.05) is 19.9 Å². The number of hydrogen-bond donors (Lipinski definition) is 1. The molecule has 0 bridgehead atoms. The molecule has 1 heteroatoms. The van der Waals surface area contributed by atoms with Crippen molar-refractivity contribution in [2.75, 3.05) is 11.9 Å². The van der Waals surface area contributed by atoms with Crippen LogP contribution in [-0.4, -0.2) is 6.54 Å². The lowest BCUT2D eigenvalue weighted by atomic mass is 10.0. The van der Waals surface area contributed by atoms with E-state index in [-0.39, 0.29) is 0 Å². The lowest BCUT2D eigenvalue weighted by Gasteiger charge is -2.09. The zero-order chi connectivity index (χ0) is 9.68. The van der Waals surface area contributed by atoms with Gasteiger partial charge in [0, 0.05) is 12.2 Å². The molecule has 0 amide bonds. The summed E-state index contributed by atoms with van der Waals surface area (Å²) in [6.07, 6.45) is 2.26. The molecule has 0 aliphatic rings. The summed E-state index contributed by atoms with van der Waals surface area (Å²) in [6, 6.07) is 6.67. The second-order valence-corrected chi connectivity index (χ2v) is 3.22. The van der Waals surface area contributed by atoms with E-state index in [4.69, 9.17) is 0 Å². The Bertz CT molecular complexity index is 266. The fourth-order valence-electron chi connectivity index (χ4n) is 1.61. The molecule has 1 aromatic rings. The van der Waals surface area contributed by atoms with Crippen LogP contribution in [0.2, 0.25) is 0 Å². The Kier molecular flexibility index (Phi) is 3.81. The van der Waals surface area contributed by atoms with Gasteiger partial charge in [0.05, 0.1) is 0 Å². The van der Waals surface area contributed by atoms with Crippen LogP contribution in [0.15, 0.2) is 18.2 Å². The average molecular weight is 177 g/mol. The predicted octanol–water partition coefficient (Wildman–Crippen LogP) is 3.24. The highest BCUT2D eigenvalue weighted by Gasteiger charge is 1.99. The van der Waals surface area contributed by atoms with Crippen LogP contribution in [0, 0.1) is 0 Å². The Morgan fingerprint density at radius 1 is 1.00 bits per heavy atom. The van der Waals surface area contributed by atoms with Crippen LogP contribution in [0.1, 0.15) is 31.9 Å². The number of rotatable bonds is 4. The average Bonchev–Trinajstić information content (AvgIpc) is 2.18. The van der Waals surface area contributed by atoms with Crippen molar-refractivity contribution in [3.63, 3.8) is 0 Å². The first-order valence-electron chi connectivity index (χ1n) is 5.17. The van der Waals surface area contributed by atoms with Crippen molar-refractivity contribution in [3.05, 3.63) is 29.3 Å². The van der Waals surface area contributed by atoms with E-state index < -0.39 is 0 Å². The zero-order valence-electron chi connectivity index (χ0n) is 8.85. The largest absolute Gasteiger partial charge is 0.385 e. The first-order valence-corrected chi connectivity index (χ1v) is 5.17. The molecule has 1 aromatic carbocycles. The van der Waals surface area contributed by atoms with Gasteiger partial charge in [0.2, 0.25) is 0 Å². The molecule has 1 nitrogen and oxygen atoms in total. The third kappa shape index (κ3) is 2.48. The van der Waals surface area contributed by atoms with Crippen LogP contribution in [0.3, 0.4) is 0 Å². The molecule has 0 fully saturated rings. The van der Waals surface area contributed by atoms with Gasteiger partial charge in [-0.2, -0.15) is 0 Å². The molecule has 0 aromatic heterocycles. The Labute approximate surface area is 81.2 Å². The molecule has 0 radical (unpaired) electrons. The van der Waals surface area contributed by atoms with Crippen molar-refractivity contribution in [1.82, 2.24) is 0 Å². The molecule has 0 spiro atoms. The summed E-state index contributed by atoms with van der Waals surface area (Å²) < 4.78 is 0. The van der Waals surface area contributed by atoms with Gasteiger partial charge < -0.3 is 5.32 Å². The molecule has 1 rings (SSSR count). The van der Waals surface area contributed by atoms with E-state index in [1.165, 1.54) is 16.8 Å². The van der Waals surface area contributed by atoms with Gasteiger partial charge in [0.15, 0.2) is 0 Å². The Morgan fingerprint density at radius 2 is 1.69 bits per heavy atom. The van der Waals surface area contributed by atoms with E-state index >= 15 is 0 Å². The van der Waals surface area contributed by atoms with Gasteiger partial charge in [-0.25, -0.2) is 0 Å². The maximum absolute atomic E-state index is 3.33. The van der Waals surface area contributed by atoms with E-state index in [9.17, 15) is 0 Å². The Hall–Kier alpha value is -0.980. The standard InChI is InChI=1S/C12H19N/c1-4-10-7-8-12(13-6-3)9-11(10)5-2/h7-9,13H,4-6H2,1-3H3. The fourth-order valence-corrected chi connectivity index (χ4v) is 1.61. The highest BCUT2D eigenvalue weighted by Crippen LogP contribution is 2.16. The van der Waals surface area contributed by atoms with E-state index in [1.54, 1.807) is 0 Å². The first-order chi connectivity index (χ1) is 6.31. The van der Waals surface area contributed by atoms with Crippen molar-refractivity contribution in [3.8, 4) is 0 Å². The quantitative estimate of drug-likeness (QED) is 0.744. The van der Waals surface area contributed by atoms with Crippen LogP contribution in [0.25, 0.3) is 0 Å². The second-order valence-electron chi connectivity index (χ2n) is 3.22. The maximum Gasteiger partial charge on any atom is 0.0343 e. The number of benzene rings is 1. The fraction of sp³-hybridized carbons (Fsp3) is 0.500. The Morgan fingerprint density at radius 3 is 2.23 bits per heavy atom. The summed E-state index contributed by atoms with van der Waals surface area (Å²) in [5, 5.41) is 3.33. The molecule has 0 aliphatic heterocycles. The van der Waals surface area contributed by atoms with Gasteiger partial charge in [-0.3, -0.25) is 0 Å². The highest BCUT2D eigenvalue weighted by molar-refractivity contribution is 5.48. The lowest BCUT2D eigenvalue weighted by Crippen LogP contribution is -1.99. The van der Waals surface area contributed by atoms with Crippen molar-refractivity contribution >= 4 is 5.69 Å². The van der Waals surface area contributed by atoms with E-state index in [2.05, 4.69) is 44.3 Å². The smallest absolute Gasteiger partial charge is 0.0343 e. The van der Waals surface area contributed by atoms with Crippen molar-refractivity contribution in [2.45, 2.75) is 33.6 Å². The summed E-state index contributed by atoms with van der Waals surface area (Å²) in [5.41, 5.74) is 4.20. The monoisotopic (exact) mass is 177 g/mol. The summed E-state index contributed by atoms with van der Waals surface area (Å²) >= 11 is 0. The molecule has 1 N–H and O–H groups in total. The van der Waals surface area contributed by atoms with E-state index in [0.717, 1.165) is 19.4 Å². The van der Waals surface area contributed by atoms with Gasteiger partial charge in [-0.15, -0.1) is 0 Å². The lowest BCUT2D eigenvalue weighted by molar-refractivity contribution is 1.03. The van der Waals surface area contributed by atoms with Crippen LogP contribution < -0.4 is 5.32 Å². The maximum atomic E-state index is 3.33.